The highest BCUT2D eigenvalue weighted by Gasteiger charge is 2.31. The normalized spacial score (nSPS) is 27.9. The number of thiophene rings is 1. The van der Waals surface area contributed by atoms with E-state index in [1.165, 1.54) is 17.7 Å². The van der Waals surface area contributed by atoms with Gasteiger partial charge in [-0.05, 0) is 63.1 Å². The van der Waals surface area contributed by atoms with E-state index in [1.54, 1.807) is 0 Å². The molecule has 6 nitrogen and oxygen atoms in total. The summed E-state index contributed by atoms with van der Waals surface area (Å²) in [7, 11) is -0.619. The van der Waals surface area contributed by atoms with Crippen LogP contribution in [0.3, 0.4) is 0 Å². The van der Waals surface area contributed by atoms with Crippen molar-refractivity contribution in [3.8, 4) is 0 Å². The van der Waals surface area contributed by atoms with E-state index in [1.807, 2.05) is 11.3 Å². The highest BCUT2D eigenvalue weighted by molar-refractivity contribution is 14.0. The van der Waals surface area contributed by atoms with Crippen molar-refractivity contribution in [2.24, 2.45) is 16.8 Å². The van der Waals surface area contributed by atoms with Crippen molar-refractivity contribution >= 4 is 51.1 Å². The Hall–Kier alpha value is -0.390. The van der Waals surface area contributed by atoms with Crippen molar-refractivity contribution in [1.82, 2.24) is 15.5 Å². The second-order valence-electron chi connectivity index (χ2n) is 7.71. The first kappa shape index (κ1) is 23.9. The van der Waals surface area contributed by atoms with Gasteiger partial charge in [0.15, 0.2) is 15.8 Å². The molecule has 2 fully saturated rings. The Morgan fingerprint density at radius 3 is 2.82 bits per heavy atom. The van der Waals surface area contributed by atoms with Crippen molar-refractivity contribution in [2.75, 3.05) is 44.7 Å². The van der Waals surface area contributed by atoms with Crippen LogP contribution in [0.1, 0.15) is 37.1 Å². The zero-order valence-electron chi connectivity index (χ0n) is 16.8. The fourth-order valence-corrected chi connectivity index (χ4v) is 7.02. The van der Waals surface area contributed by atoms with Crippen LogP contribution >= 0.6 is 35.3 Å². The Balaban J connectivity index is 0.00000280. The second kappa shape index (κ2) is 11.1. The van der Waals surface area contributed by atoms with Crippen molar-refractivity contribution < 1.29 is 8.42 Å². The minimum atomic E-state index is -2.84. The molecule has 1 aromatic heterocycles. The summed E-state index contributed by atoms with van der Waals surface area (Å²) in [4.78, 5) is 8.57. The average Bonchev–Trinajstić information content (AvgIpc) is 3.27. The van der Waals surface area contributed by atoms with Crippen molar-refractivity contribution in [2.45, 2.75) is 32.2 Å². The van der Waals surface area contributed by atoms with Crippen LogP contribution in [0.2, 0.25) is 0 Å². The molecule has 0 aliphatic carbocycles. The van der Waals surface area contributed by atoms with E-state index < -0.39 is 9.84 Å². The molecule has 2 saturated heterocycles. The number of hydrogen-bond donors (Lipinski definition) is 2. The molecule has 160 valence electrons. The molecule has 0 aromatic carbocycles. The molecule has 2 aliphatic heterocycles. The molecule has 2 N–H and O–H groups in total. The predicted molar refractivity (Wildman–Crippen MR) is 129 cm³/mol. The summed E-state index contributed by atoms with van der Waals surface area (Å²) in [5.74, 6) is 2.10. The zero-order valence-corrected chi connectivity index (χ0v) is 20.7. The van der Waals surface area contributed by atoms with Crippen molar-refractivity contribution in [1.29, 1.82) is 0 Å². The van der Waals surface area contributed by atoms with Gasteiger partial charge in [-0.15, -0.1) is 35.3 Å². The molecule has 0 spiro atoms. The standard InChI is InChI=1S/C19H32N4O2S2.HI/c1-3-20-19(21-12-15-8-11-27(24,25)14-15)22-13-16-6-4-9-23(2)18(16)17-7-5-10-26-17;/h5,7,10,15-16,18H,3-4,6,8-9,11-14H2,1-2H3,(H2,20,21,22);1H. The van der Waals surface area contributed by atoms with Crippen LogP contribution < -0.4 is 10.6 Å². The number of guanidine groups is 1. The van der Waals surface area contributed by atoms with Crippen LogP contribution in [0.4, 0.5) is 0 Å². The van der Waals surface area contributed by atoms with Crippen LogP contribution in [0.25, 0.3) is 0 Å². The number of nitrogens with zero attached hydrogens (tertiary/aromatic N) is 2. The lowest BCUT2D eigenvalue weighted by atomic mass is 9.88. The maximum absolute atomic E-state index is 11.6. The topological polar surface area (TPSA) is 73.8 Å². The Morgan fingerprint density at radius 2 is 2.18 bits per heavy atom. The molecule has 0 radical (unpaired) electrons. The third-order valence-electron chi connectivity index (χ3n) is 5.55. The minimum Gasteiger partial charge on any atom is -0.357 e. The lowest BCUT2D eigenvalue weighted by Crippen LogP contribution is -2.45. The lowest BCUT2D eigenvalue weighted by molar-refractivity contribution is 0.125. The number of aliphatic imine (C=N–C) groups is 1. The van der Waals surface area contributed by atoms with Crippen LogP contribution in [-0.2, 0) is 9.84 Å². The van der Waals surface area contributed by atoms with Crippen molar-refractivity contribution in [3.63, 3.8) is 0 Å². The third-order valence-corrected chi connectivity index (χ3v) is 8.33. The summed E-state index contributed by atoms with van der Waals surface area (Å²) in [6.45, 7) is 5.45. The molecule has 3 rings (SSSR count). The lowest BCUT2D eigenvalue weighted by Gasteiger charge is -2.39. The summed E-state index contributed by atoms with van der Waals surface area (Å²) in [5.41, 5.74) is 0. The highest BCUT2D eigenvalue weighted by Crippen LogP contribution is 2.36. The fraction of sp³-hybridized carbons (Fsp3) is 0.737. The Labute approximate surface area is 190 Å². The molecule has 1 aromatic rings. The summed E-state index contributed by atoms with van der Waals surface area (Å²) in [6, 6.07) is 4.83. The number of hydrogen-bond acceptors (Lipinski definition) is 5. The first-order chi connectivity index (χ1) is 13.0. The highest BCUT2D eigenvalue weighted by atomic mass is 127. The number of piperidine rings is 1. The minimum absolute atomic E-state index is 0. The molecular weight excluding hydrogens is 507 g/mol. The monoisotopic (exact) mass is 540 g/mol. The van der Waals surface area contributed by atoms with E-state index in [4.69, 9.17) is 0 Å². The molecule has 28 heavy (non-hydrogen) atoms. The van der Waals surface area contributed by atoms with Gasteiger partial charge >= 0.3 is 0 Å². The molecule has 3 heterocycles. The van der Waals surface area contributed by atoms with Gasteiger partial charge in [0.2, 0.25) is 0 Å². The molecule has 3 atom stereocenters. The van der Waals surface area contributed by atoms with Crippen LogP contribution in [0.5, 0.6) is 0 Å². The fourth-order valence-electron chi connectivity index (χ4n) is 4.19. The SMILES string of the molecule is CCNC(=NCC1CCS(=O)(=O)C1)NCC1CCCN(C)C1c1cccs1.I. The van der Waals surface area contributed by atoms with Gasteiger partial charge in [0.05, 0.1) is 11.5 Å². The van der Waals surface area contributed by atoms with Crippen molar-refractivity contribution in [3.05, 3.63) is 22.4 Å². The van der Waals surface area contributed by atoms with Crippen LogP contribution in [0, 0.1) is 11.8 Å². The predicted octanol–water partition coefficient (Wildman–Crippen LogP) is 2.74. The van der Waals surface area contributed by atoms with Gasteiger partial charge in [-0.1, -0.05) is 6.07 Å². The van der Waals surface area contributed by atoms with E-state index in [9.17, 15) is 8.42 Å². The maximum Gasteiger partial charge on any atom is 0.191 e. The van der Waals surface area contributed by atoms with E-state index in [0.717, 1.165) is 32.0 Å². The molecule has 0 bridgehead atoms. The Morgan fingerprint density at radius 1 is 1.36 bits per heavy atom. The van der Waals surface area contributed by atoms with E-state index in [-0.39, 0.29) is 35.6 Å². The molecular formula is C19H33IN4O2S2. The molecule has 0 amide bonds. The van der Waals surface area contributed by atoms with Crippen LogP contribution in [-0.4, -0.2) is 64.0 Å². The number of likely N-dealkylation sites (tertiary alicyclic amines) is 1. The average molecular weight is 541 g/mol. The molecule has 3 unspecified atom stereocenters. The third kappa shape index (κ3) is 6.56. The van der Waals surface area contributed by atoms with Crippen LogP contribution in [0.15, 0.2) is 22.5 Å². The first-order valence-corrected chi connectivity index (χ1v) is 12.6. The van der Waals surface area contributed by atoms with Gasteiger partial charge in [0, 0.05) is 30.6 Å². The van der Waals surface area contributed by atoms with E-state index >= 15 is 0 Å². The quantitative estimate of drug-likeness (QED) is 0.330. The molecule has 2 aliphatic rings. The van der Waals surface area contributed by atoms with Gasteiger partial charge in [-0.3, -0.25) is 9.89 Å². The maximum atomic E-state index is 11.6. The van der Waals surface area contributed by atoms with E-state index in [2.05, 4.69) is 52.0 Å². The van der Waals surface area contributed by atoms with Gasteiger partial charge < -0.3 is 10.6 Å². The second-order valence-corrected chi connectivity index (χ2v) is 10.9. The van der Waals surface area contributed by atoms with E-state index in [0.29, 0.717) is 24.3 Å². The number of rotatable bonds is 6. The number of sulfone groups is 1. The number of nitrogens with one attached hydrogen (secondary N) is 2. The Bertz CT molecular complexity index is 724. The van der Waals surface area contributed by atoms with Gasteiger partial charge in [-0.25, -0.2) is 8.42 Å². The first-order valence-electron chi connectivity index (χ1n) is 9.94. The van der Waals surface area contributed by atoms with Gasteiger partial charge in [0.1, 0.15) is 0 Å². The zero-order chi connectivity index (χ0) is 19.3. The summed E-state index contributed by atoms with van der Waals surface area (Å²) in [5, 5.41) is 8.98. The largest absolute Gasteiger partial charge is 0.357 e. The number of halogens is 1. The van der Waals surface area contributed by atoms with Gasteiger partial charge in [-0.2, -0.15) is 0 Å². The molecule has 9 heteroatoms. The smallest absolute Gasteiger partial charge is 0.191 e. The Kier molecular flexibility index (Phi) is 9.49. The molecule has 0 saturated carbocycles. The summed E-state index contributed by atoms with van der Waals surface area (Å²) >= 11 is 1.84. The summed E-state index contributed by atoms with van der Waals surface area (Å²) < 4.78 is 23.3. The van der Waals surface area contributed by atoms with Gasteiger partial charge in [0.25, 0.3) is 0 Å². The summed E-state index contributed by atoms with van der Waals surface area (Å²) in [6.07, 6.45) is 3.16.